The molecule has 2 aromatic rings. The molecule has 0 aromatic heterocycles. The van der Waals surface area contributed by atoms with Crippen LogP contribution >= 0.6 is 23.2 Å². The number of nitrogens with zero attached hydrogens (tertiary/aromatic N) is 2. The van der Waals surface area contributed by atoms with Gasteiger partial charge in [0.2, 0.25) is 5.91 Å². The fourth-order valence-corrected chi connectivity index (χ4v) is 3.83. The zero-order valence-electron chi connectivity index (χ0n) is 16.0. The topological polar surface area (TPSA) is 52.7 Å². The maximum absolute atomic E-state index is 12.7. The van der Waals surface area contributed by atoms with Gasteiger partial charge in [-0.05, 0) is 43.2 Å². The molecule has 0 bridgehead atoms. The third kappa shape index (κ3) is 4.85. The first-order chi connectivity index (χ1) is 13.3. The van der Waals surface area contributed by atoms with Crippen LogP contribution in [0.15, 0.2) is 36.4 Å². The first-order valence-corrected chi connectivity index (χ1v) is 9.93. The highest BCUT2D eigenvalue weighted by Crippen LogP contribution is 2.23. The van der Waals surface area contributed by atoms with Crippen molar-refractivity contribution in [2.24, 2.45) is 0 Å². The van der Waals surface area contributed by atoms with E-state index in [1.165, 1.54) is 0 Å². The Kier molecular flexibility index (Phi) is 6.60. The zero-order chi connectivity index (χ0) is 20.3. The van der Waals surface area contributed by atoms with Crippen molar-refractivity contribution in [1.82, 2.24) is 9.80 Å². The van der Waals surface area contributed by atoms with Crippen LogP contribution in [0, 0.1) is 13.8 Å². The predicted molar refractivity (Wildman–Crippen MR) is 113 cm³/mol. The standard InChI is InChI=1S/C21H23Cl2N3O2/c1-14-4-3-5-15(2)20(14)24-19(27)13-25-8-10-26(11-9-25)21(28)17-7-6-16(22)12-18(17)23/h3-7,12H,8-11,13H2,1-2H3,(H,24,27). The van der Waals surface area contributed by atoms with Crippen molar-refractivity contribution in [1.29, 1.82) is 0 Å². The molecule has 0 aliphatic carbocycles. The number of hydrogen-bond donors (Lipinski definition) is 1. The molecule has 0 radical (unpaired) electrons. The summed E-state index contributed by atoms with van der Waals surface area (Å²) in [6, 6.07) is 10.8. The van der Waals surface area contributed by atoms with Gasteiger partial charge in [-0.3, -0.25) is 14.5 Å². The second kappa shape index (κ2) is 8.95. The Morgan fingerprint density at radius 2 is 1.64 bits per heavy atom. The molecule has 1 aliphatic rings. The van der Waals surface area contributed by atoms with Gasteiger partial charge in [-0.2, -0.15) is 0 Å². The number of nitrogens with one attached hydrogen (secondary N) is 1. The normalized spacial score (nSPS) is 14.8. The van der Waals surface area contributed by atoms with Gasteiger partial charge in [0.05, 0.1) is 17.1 Å². The van der Waals surface area contributed by atoms with Gasteiger partial charge in [0, 0.05) is 36.9 Å². The van der Waals surface area contributed by atoms with E-state index in [1.807, 2.05) is 32.0 Å². The molecule has 1 aliphatic heterocycles. The molecule has 1 heterocycles. The van der Waals surface area contributed by atoms with Crippen molar-refractivity contribution in [2.45, 2.75) is 13.8 Å². The number of para-hydroxylation sites is 1. The van der Waals surface area contributed by atoms with Crippen molar-refractivity contribution in [3.63, 3.8) is 0 Å². The third-order valence-electron chi connectivity index (χ3n) is 4.93. The van der Waals surface area contributed by atoms with E-state index in [0.29, 0.717) is 48.3 Å². The molecule has 1 N–H and O–H groups in total. The molecular weight excluding hydrogens is 397 g/mol. The average molecular weight is 420 g/mol. The molecule has 2 amide bonds. The number of carbonyl (C=O) groups excluding carboxylic acids is 2. The van der Waals surface area contributed by atoms with E-state index in [2.05, 4.69) is 10.2 Å². The van der Waals surface area contributed by atoms with Gasteiger partial charge in [-0.1, -0.05) is 41.4 Å². The van der Waals surface area contributed by atoms with Crippen LogP contribution in [0.3, 0.4) is 0 Å². The number of benzene rings is 2. The Balaban J connectivity index is 1.54. The Morgan fingerprint density at radius 3 is 2.25 bits per heavy atom. The maximum atomic E-state index is 12.7. The number of piperazine rings is 1. The number of anilines is 1. The smallest absolute Gasteiger partial charge is 0.255 e. The molecule has 0 unspecified atom stereocenters. The monoisotopic (exact) mass is 419 g/mol. The summed E-state index contributed by atoms with van der Waals surface area (Å²) in [6.45, 7) is 6.64. The van der Waals surface area contributed by atoms with Crippen LogP contribution in [0.25, 0.3) is 0 Å². The molecule has 1 saturated heterocycles. The van der Waals surface area contributed by atoms with E-state index >= 15 is 0 Å². The van der Waals surface area contributed by atoms with Crippen LogP contribution < -0.4 is 5.32 Å². The van der Waals surface area contributed by atoms with Crippen LogP contribution in [-0.4, -0.2) is 54.3 Å². The minimum atomic E-state index is -0.110. The molecule has 28 heavy (non-hydrogen) atoms. The first kappa shape index (κ1) is 20.6. The van der Waals surface area contributed by atoms with Crippen LogP contribution in [0.2, 0.25) is 10.0 Å². The summed E-state index contributed by atoms with van der Waals surface area (Å²) in [7, 11) is 0. The number of carbonyl (C=O) groups is 2. The quantitative estimate of drug-likeness (QED) is 0.814. The van der Waals surface area contributed by atoms with Crippen LogP contribution in [0.4, 0.5) is 5.69 Å². The molecule has 0 atom stereocenters. The molecule has 0 saturated carbocycles. The molecule has 7 heteroatoms. The number of rotatable bonds is 4. The van der Waals surface area contributed by atoms with Crippen LogP contribution in [0.1, 0.15) is 21.5 Å². The summed E-state index contributed by atoms with van der Waals surface area (Å²) in [5.41, 5.74) is 3.42. The highest BCUT2D eigenvalue weighted by Gasteiger charge is 2.24. The lowest BCUT2D eigenvalue weighted by Gasteiger charge is -2.34. The van der Waals surface area contributed by atoms with Gasteiger partial charge in [0.15, 0.2) is 0 Å². The van der Waals surface area contributed by atoms with Gasteiger partial charge >= 0.3 is 0 Å². The van der Waals surface area contributed by atoms with E-state index in [9.17, 15) is 9.59 Å². The molecule has 148 valence electrons. The summed E-state index contributed by atoms with van der Waals surface area (Å²) >= 11 is 12.0. The third-order valence-corrected chi connectivity index (χ3v) is 5.48. The van der Waals surface area contributed by atoms with Crippen molar-refractivity contribution < 1.29 is 9.59 Å². The molecule has 3 rings (SSSR count). The van der Waals surface area contributed by atoms with Crippen molar-refractivity contribution in [2.75, 3.05) is 38.0 Å². The average Bonchev–Trinajstić information content (AvgIpc) is 2.65. The Labute approximate surface area is 175 Å². The lowest BCUT2D eigenvalue weighted by atomic mass is 10.1. The van der Waals surface area contributed by atoms with E-state index < -0.39 is 0 Å². The van der Waals surface area contributed by atoms with Crippen molar-refractivity contribution >= 4 is 40.7 Å². The Hall–Kier alpha value is -2.08. The molecular formula is C21H23Cl2N3O2. The summed E-state index contributed by atoms with van der Waals surface area (Å²) in [6.07, 6.45) is 0. The number of hydrogen-bond acceptors (Lipinski definition) is 3. The van der Waals surface area contributed by atoms with Gasteiger partial charge in [-0.15, -0.1) is 0 Å². The summed E-state index contributed by atoms with van der Waals surface area (Å²) in [5.74, 6) is -0.153. The summed E-state index contributed by atoms with van der Waals surface area (Å²) in [4.78, 5) is 28.9. The Bertz CT molecular complexity index is 873. The lowest BCUT2D eigenvalue weighted by molar-refractivity contribution is -0.117. The molecule has 5 nitrogen and oxygen atoms in total. The molecule has 1 fully saturated rings. The first-order valence-electron chi connectivity index (χ1n) is 9.18. The summed E-state index contributed by atoms with van der Waals surface area (Å²) < 4.78 is 0. The highest BCUT2D eigenvalue weighted by atomic mass is 35.5. The van der Waals surface area contributed by atoms with E-state index in [4.69, 9.17) is 23.2 Å². The van der Waals surface area contributed by atoms with Gasteiger partial charge in [0.1, 0.15) is 0 Å². The second-order valence-electron chi connectivity index (χ2n) is 7.01. The van der Waals surface area contributed by atoms with Gasteiger partial charge in [0.25, 0.3) is 5.91 Å². The van der Waals surface area contributed by atoms with E-state index in [1.54, 1.807) is 23.1 Å². The van der Waals surface area contributed by atoms with Gasteiger partial charge in [-0.25, -0.2) is 0 Å². The number of halogens is 2. The molecule has 0 spiro atoms. The lowest BCUT2D eigenvalue weighted by Crippen LogP contribution is -2.50. The fourth-order valence-electron chi connectivity index (χ4n) is 3.34. The zero-order valence-corrected chi connectivity index (χ0v) is 17.5. The largest absolute Gasteiger partial charge is 0.336 e. The van der Waals surface area contributed by atoms with E-state index in [0.717, 1.165) is 16.8 Å². The van der Waals surface area contributed by atoms with Crippen LogP contribution in [-0.2, 0) is 4.79 Å². The number of aryl methyl sites for hydroxylation is 2. The molecule has 2 aromatic carbocycles. The van der Waals surface area contributed by atoms with Crippen LogP contribution in [0.5, 0.6) is 0 Å². The van der Waals surface area contributed by atoms with Gasteiger partial charge < -0.3 is 10.2 Å². The van der Waals surface area contributed by atoms with E-state index in [-0.39, 0.29) is 11.8 Å². The SMILES string of the molecule is Cc1cccc(C)c1NC(=O)CN1CCN(C(=O)c2ccc(Cl)cc2Cl)CC1. The minimum Gasteiger partial charge on any atom is -0.336 e. The minimum absolute atomic E-state index is 0.0436. The maximum Gasteiger partial charge on any atom is 0.255 e. The summed E-state index contributed by atoms with van der Waals surface area (Å²) in [5, 5.41) is 3.86. The Morgan fingerprint density at radius 1 is 1.00 bits per heavy atom. The number of amides is 2. The highest BCUT2D eigenvalue weighted by molar-refractivity contribution is 6.36. The van der Waals surface area contributed by atoms with Crippen molar-refractivity contribution in [3.05, 3.63) is 63.1 Å². The predicted octanol–water partition coefficient (Wildman–Crippen LogP) is 4.01. The second-order valence-corrected chi connectivity index (χ2v) is 7.85. The fraction of sp³-hybridized carbons (Fsp3) is 0.333. The van der Waals surface area contributed by atoms with Crippen molar-refractivity contribution in [3.8, 4) is 0 Å².